The van der Waals surface area contributed by atoms with Gasteiger partial charge in [0.1, 0.15) is 0 Å². The van der Waals surface area contributed by atoms with Crippen molar-refractivity contribution in [2.24, 2.45) is 0 Å². The van der Waals surface area contributed by atoms with Crippen molar-refractivity contribution in [1.29, 1.82) is 0 Å². The molecule has 0 aliphatic carbocycles. The van der Waals surface area contributed by atoms with E-state index in [2.05, 4.69) is 9.71 Å². The van der Waals surface area contributed by atoms with Gasteiger partial charge in [0.2, 0.25) is 10.0 Å². The highest BCUT2D eigenvalue weighted by Gasteiger charge is 2.25. The van der Waals surface area contributed by atoms with Crippen LogP contribution in [0.2, 0.25) is 0 Å². The monoisotopic (exact) mass is 376 g/mol. The van der Waals surface area contributed by atoms with Crippen LogP contribution in [0, 0.1) is 6.92 Å². The molecule has 0 spiro atoms. The highest BCUT2D eigenvalue weighted by Crippen LogP contribution is 2.30. The number of aromatic amines is 1. The van der Waals surface area contributed by atoms with E-state index in [1.54, 1.807) is 25.1 Å². The molecule has 2 N–H and O–H groups in total. The van der Waals surface area contributed by atoms with Gasteiger partial charge in [-0.05, 0) is 35.7 Å². The molecular formula is C22H20N2O2S. The van der Waals surface area contributed by atoms with Gasteiger partial charge in [0.25, 0.3) is 0 Å². The van der Waals surface area contributed by atoms with E-state index in [1.165, 1.54) is 0 Å². The molecule has 0 aliphatic rings. The summed E-state index contributed by atoms with van der Waals surface area (Å²) in [6.07, 6.45) is 1.88. The van der Waals surface area contributed by atoms with Gasteiger partial charge >= 0.3 is 0 Å². The van der Waals surface area contributed by atoms with Gasteiger partial charge in [-0.15, -0.1) is 0 Å². The summed E-state index contributed by atoms with van der Waals surface area (Å²) >= 11 is 0. The fourth-order valence-electron chi connectivity index (χ4n) is 3.37. The zero-order valence-electron chi connectivity index (χ0n) is 14.9. The van der Waals surface area contributed by atoms with Crippen molar-refractivity contribution in [3.8, 4) is 0 Å². The maximum absolute atomic E-state index is 13.1. The van der Waals surface area contributed by atoms with Crippen LogP contribution in [0.15, 0.2) is 90.0 Å². The maximum Gasteiger partial charge on any atom is 0.241 e. The van der Waals surface area contributed by atoms with Crippen LogP contribution in [0.3, 0.4) is 0 Å². The van der Waals surface area contributed by atoms with Crippen LogP contribution in [0.4, 0.5) is 0 Å². The van der Waals surface area contributed by atoms with Crippen molar-refractivity contribution in [3.63, 3.8) is 0 Å². The SMILES string of the molecule is Cc1ccccc1S(=O)(=O)N[C@@H](c1ccccc1)c1c[nH]c2ccccc12. The minimum Gasteiger partial charge on any atom is -0.361 e. The summed E-state index contributed by atoms with van der Waals surface area (Å²) in [6, 6.07) is 24.0. The first-order chi connectivity index (χ1) is 13.1. The summed E-state index contributed by atoms with van der Waals surface area (Å²) in [7, 11) is -3.70. The van der Waals surface area contributed by atoms with E-state index in [0.29, 0.717) is 4.90 Å². The van der Waals surface area contributed by atoms with Crippen LogP contribution in [0.25, 0.3) is 10.9 Å². The number of hydrogen-bond donors (Lipinski definition) is 2. The first kappa shape index (κ1) is 17.5. The molecule has 3 aromatic carbocycles. The number of fused-ring (bicyclic) bond motifs is 1. The van der Waals surface area contributed by atoms with Gasteiger partial charge in [0.05, 0.1) is 10.9 Å². The molecular weight excluding hydrogens is 356 g/mol. The lowest BCUT2D eigenvalue weighted by Crippen LogP contribution is -2.29. The molecule has 5 heteroatoms. The van der Waals surface area contributed by atoms with Crippen LogP contribution in [0.5, 0.6) is 0 Å². The first-order valence-electron chi connectivity index (χ1n) is 8.75. The van der Waals surface area contributed by atoms with Gasteiger partial charge in [0, 0.05) is 17.1 Å². The molecule has 0 saturated heterocycles. The molecule has 4 aromatic rings. The van der Waals surface area contributed by atoms with E-state index < -0.39 is 16.1 Å². The number of nitrogens with one attached hydrogen (secondary N) is 2. The largest absolute Gasteiger partial charge is 0.361 e. The maximum atomic E-state index is 13.1. The summed E-state index contributed by atoms with van der Waals surface area (Å²) in [6.45, 7) is 1.80. The fourth-order valence-corrected chi connectivity index (χ4v) is 4.82. The highest BCUT2D eigenvalue weighted by molar-refractivity contribution is 7.89. The number of aromatic nitrogens is 1. The summed E-state index contributed by atoms with van der Waals surface area (Å²) < 4.78 is 29.2. The second kappa shape index (κ2) is 7.02. The van der Waals surface area contributed by atoms with Gasteiger partial charge in [-0.25, -0.2) is 8.42 Å². The number of rotatable bonds is 5. The van der Waals surface area contributed by atoms with Crippen molar-refractivity contribution in [2.45, 2.75) is 17.9 Å². The predicted octanol–water partition coefficient (Wildman–Crippen LogP) is 4.54. The molecule has 0 unspecified atom stereocenters. The zero-order valence-corrected chi connectivity index (χ0v) is 15.7. The molecule has 0 saturated carbocycles. The second-order valence-electron chi connectivity index (χ2n) is 6.52. The average molecular weight is 376 g/mol. The Kier molecular flexibility index (Phi) is 4.56. The third kappa shape index (κ3) is 3.39. The summed E-state index contributed by atoms with van der Waals surface area (Å²) in [5, 5.41) is 0.999. The Hall–Kier alpha value is -2.89. The normalized spacial score (nSPS) is 12.9. The summed E-state index contributed by atoms with van der Waals surface area (Å²) in [5.74, 6) is 0. The highest BCUT2D eigenvalue weighted by atomic mass is 32.2. The molecule has 4 rings (SSSR count). The molecule has 0 fully saturated rings. The molecule has 0 radical (unpaired) electrons. The van der Waals surface area contributed by atoms with E-state index in [9.17, 15) is 8.42 Å². The van der Waals surface area contributed by atoms with Crippen molar-refractivity contribution in [1.82, 2.24) is 9.71 Å². The third-order valence-electron chi connectivity index (χ3n) is 4.72. The van der Waals surface area contributed by atoms with E-state index in [0.717, 1.165) is 27.6 Å². The molecule has 1 aromatic heterocycles. The van der Waals surface area contributed by atoms with Gasteiger partial charge in [-0.1, -0.05) is 66.7 Å². The summed E-state index contributed by atoms with van der Waals surface area (Å²) in [4.78, 5) is 3.54. The van der Waals surface area contributed by atoms with Crippen molar-refractivity contribution in [2.75, 3.05) is 0 Å². The quantitative estimate of drug-likeness (QED) is 0.537. The van der Waals surface area contributed by atoms with E-state index in [4.69, 9.17) is 0 Å². The molecule has 1 heterocycles. The minimum atomic E-state index is -3.70. The molecule has 136 valence electrons. The van der Waals surface area contributed by atoms with Crippen LogP contribution < -0.4 is 4.72 Å². The Morgan fingerprint density at radius 2 is 1.52 bits per heavy atom. The average Bonchev–Trinajstić information content (AvgIpc) is 3.11. The zero-order chi connectivity index (χ0) is 18.9. The molecule has 0 aliphatic heterocycles. The second-order valence-corrected chi connectivity index (χ2v) is 8.20. The number of hydrogen-bond acceptors (Lipinski definition) is 2. The van der Waals surface area contributed by atoms with E-state index >= 15 is 0 Å². The van der Waals surface area contributed by atoms with E-state index in [1.807, 2.05) is 66.9 Å². The molecule has 0 bridgehead atoms. The number of H-pyrrole nitrogens is 1. The molecule has 27 heavy (non-hydrogen) atoms. The first-order valence-corrected chi connectivity index (χ1v) is 10.2. The third-order valence-corrected chi connectivity index (χ3v) is 6.30. The standard InChI is InChI=1S/C22H20N2O2S/c1-16-9-5-8-14-21(16)27(25,26)24-22(17-10-3-2-4-11-17)19-15-23-20-13-7-6-12-18(19)20/h2-15,22-24H,1H3/t22-/m0/s1. The number of sulfonamides is 1. The van der Waals surface area contributed by atoms with Gasteiger partial charge in [0.15, 0.2) is 0 Å². The van der Waals surface area contributed by atoms with Crippen molar-refractivity contribution in [3.05, 3.63) is 102 Å². The van der Waals surface area contributed by atoms with Gasteiger partial charge < -0.3 is 4.98 Å². The lowest BCUT2D eigenvalue weighted by molar-refractivity contribution is 0.572. The smallest absolute Gasteiger partial charge is 0.241 e. The van der Waals surface area contributed by atoms with Crippen LogP contribution in [-0.2, 0) is 10.0 Å². The molecule has 4 nitrogen and oxygen atoms in total. The van der Waals surface area contributed by atoms with Crippen molar-refractivity contribution >= 4 is 20.9 Å². The Balaban J connectivity index is 1.84. The molecule has 0 amide bonds. The van der Waals surface area contributed by atoms with Crippen LogP contribution in [-0.4, -0.2) is 13.4 Å². The van der Waals surface area contributed by atoms with Gasteiger partial charge in [-0.2, -0.15) is 4.72 Å². The number of para-hydroxylation sites is 1. The lowest BCUT2D eigenvalue weighted by atomic mass is 9.99. The predicted molar refractivity (Wildman–Crippen MR) is 108 cm³/mol. The number of benzene rings is 3. The topological polar surface area (TPSA) is 62.0 Å². The Labute approximate surface area is 158 Å². The minimum absolute atomic E-state index is 0.297. The van der Waals surface area contributed by atoms with Gasteiger partial charge in [-0.3, -0.25) is 0 Å². The summed E-state index contributed by atoms with van der Waals surface area (Å²) in [5.41, 5.74) is 3.48. The lowest BCUT2D eigenvalue weighted by Gasteiger charge is -2.20. The van der Waals surface area contributed by atoms with Crippen LogP contribution >= 0.6 is 0 Å². The fraction of sp³-hybridized carbons (Fsp3) is 0.0909. The van der Waals surface area contributed by atoms with Crippen molar-refractivity contribution < 1.29 is 8.42 Å². The van der Waals surface area contributed by atoms with Crippen LogP contribution in [0.1, 0.15) is 22.7 Å². The van der Waals surface area contributed by atoms with E-state index in [-0.39, 0.29) is 0 Å². The molecule has 1 atom stereocenters. The Morgan fingerprint density at radius 3 is 2.30 bits per heavy atom. The number of aryl methyl sites for hydroxylation is 1. The Bertz CT molecular complexity index is 1180. The Morgan fingerprint density at radius 1 is 0.852 bits per heavy atom.